The van der Waals surface area contributed by atoms with E-state index in [4.69, 9.17) is 32.7 Å². The Morgan fingerprint density at radius 2 is 1.86 bits per heavy atom. The van der Waals surface area contributed by atoms with Gasteiger partial charge in [-0.15, -0.1) is 0 Å². The van der Waals surface area contributed by atoms with Crippen LogP contribution in [0.5, 0.6) is 0 Å². The van der Waals surface area contributed by atoms with Crippen LogP contribution in [-0.2, 0) is 20.7 Å². The van der Waals surface area contributed by atoms with Gasteiger partial charge in [-0.3, -0.25) is 4.79 Å². The van der Waals surface area contributed by atoms with Crippen LogP contribution in [0.4, 0.5) is 4.79 Å². The number of carbonyl (C=O) groups excluding carboxylic acids is 2. The van der Waals surface area contributed by atoms with Gasteiger partial charge < -0.3 is 19.3 Å². The molecule has 3 rings (SSSR count). The Morgan fingerprint density at radius 1 is 1.17 bits per heavy atom. The number of carbonyl (C=O) groups is 2. The highest BCUT2D eigenvalue weighted by atomic mass is 35.5. The number of ether oxygens (including phenoxy) is 2. The van der Waals surface area contributed by atoms with E-state index >= 15 is 0 Å². The average Bonchev–Trinajstić information content (AvgIpc) is 2.59. The first-order valence-corrected chi connectivity index (χ1v) is 10.6. The second-order valence-corrected chi connectivity index (χ2v) is 9.57. The third-order valence-electron chi connectivity index (χ3n) is 5.31. The summed E-state index contributed by atoms with van der Waals surface area (Å²) in [6, 6.07) is 3.25. The summed E-state index contributed by atoms with van der Waals surface area (Å²) in [6.07, 6.45) is -0.487. The number of rotatable bonds is 1. The van der Waals surface area contributed by atoms with Crippen LogP contribution in [0.1, 0.15) is 51.8 Å². The lowest BCUT2D eigenvalue weighted by Crippen LogP contribution is -2.57. The molecular weight excluding hydrogens is 415 g/mol. The van der Waals surface area contributed by atoms with Gasteiger partial charge in [0, 0.05) is 16.6 Å². The van der Waals surface area contributed by atoms with Crippen molar-refractivity contribution >= 4 is 35.2 Å². The van der Waals surface area contributed by atoms with Crippen molar-refractivity contribution in [1.82, 2.24) is 9.80 Å². The molecule has 1 aromatic carbocycles. The normalized spacial score (nSPS) is 24.9. The number of benzene rings is 1. The molecule has 2 heterocycles. The molecule has 160 valence electrons. The number of halogens is 2. The van der Waals surface area contributed by atoms with E-state index in [9.17, 15) is 9.59 Å². The van der Waals surface area contributed by atoms with E-state index in [-0.39, 0.29) is 31.1 Å². The van der Waals surface area contributed by atoms with Gasteiger partial charge in [0.1, 0.15) is 5.60 Å². The van der Waals surface area contributed by atoms with Crippen molar-refractivity contribution in [2.75, 3.05) is 19.7 Å². The van der Waals surface area contributed by atoms with E-state index in [1.807, 2.05) is 40.7 Å². The molecule has 0 spiro atoms. The molecule has 2 aliphatic rings. The molecule has 3 atom stereocenters. The van der Waals surface area contributed by atoms with E-state index < -0.39 is 17.8 Å². The number of hydrogen-bond donors (Lipinski definition) is 0. The lowest BCUT2D eigenvalue weighted by molar-refractivity contribution is -0.154. The molecule has 0 N–H and O–H groups in total. The van der Waals surface area contributed by atoms with Gasteiger partial charge in [0.2, 0.25) is 0 Å². The van der Waals surface area contributed by atoms with E-state index in [1.165, 1.54) is 0 Å². The zero-order chi connectivity index (χ0) is 21.5. The third kappa shape index (κ3) is 4.81. The molecule has 6 nitrogen and oxygen atoms in total. The van der Waals surface area contributed by atoms with Gasteiger partial charge in [-0.1, -0.05) is 23.2 Å². The maximum absolute atomic E-state index is 13.3. The summed E-state index contributed by atoms with van der Waals surface area (Å²) < 4.78 is 11.3. The lowest BCUT2D eigenvalue weighted by atomic mass is 9.93. The fourth-order valence-corrected chi connectivity index (χ4v) is 4.56. The van der Waals surface area contributed by atoms with Crippen molar-refractivity contribution in [1.29, 1.82) is 0 Å². The maximum atomic E-state index is 13.3. The van der Waals surface area contributed by atoms with Crippen LogP contribution in [0.3, 0.4) is 0 Å². The Morgan fingerprint density at radius 3 is 2.52 bits per heavy atom. The quantitative estimate of drug-likeness (QED) is 0.643. The van der Waals surface area contributed by atoms with Crippen LogP contribution < -0.4 is 0 Å². The van der Waals surface area contributed by atoms with Crippen LogP contribution >= 0.6 is 23.2 Å². The second-order valence-electron chi connectivity index (χ2n) is 8.72. The first-order chi connectivity index (χ1) is 13.5. The Bertz CT molecular complexity index is 809. The summed E-state index contributed by atoms with van der Waals surface area (Å²) in [5.74, 6) is -0.144. The molecule has 0 bridgehead atoms. The number of fused-ring (bicyclic) bond motifs is 1. The molecule has 29 heavy (non-hydrogen) atoms. The second kappa shape index (κ2) is 8.32. The van der Waals surface area contributed by atoms with Crippen molar-refractivity contribution in [3.8, 4) is 0 Å². The predicted octanol–water partition coefficient (Wildman–Crippen LogP) is 4.46. The molecule has 1 aromatic rings. The van der Waals surface area contributed by atoms with Gasteiger partial charge in [0.15, 0.2) is 6.10 Å². The number of amides is 2. The van der Waals surface area contributed by atoms with Gasteiger partial charge in [-0.05, 0) is 64.3 Å². The first-order valence-electron chi connectivity index (χ1n) is 9.87. The number of morpholine rings is 1. The highest BCUT2D eigenvalue weighted by Gasteiger charge is 2.40. The SMILES string of the molecule is C[C@@H]1CO[C@@H](C(=O)N2CCc3cc(Cl)cc(Cl)c3[C@@H]2C)CN1C(=O)OC(C)(C)C. The van der Waals surface area contributed by atoms with Crippen molar-refractivity contribution in [2.45, 2.75) is 64.8 Å². The lowest BCUT2D eigenvalue weighted by Gasteiger charge is -2.42. The predicted molar refractivity (Wildman–Crippen MR) is 112 cm³/mol. The summed E-state index contributed by atoms with van der Waals surface area (Å²) in [5.41, 5.74) is 1.38. The minimum absolute atomic E-state index is 0.144. The Balaban J connectivity index is 1.75. The molecule has 0 radical (unpaired) electrons. The van der Waals surface area contributed by atoms with Crippen LogP contribution in [0, 0.1) is 0 Å². The van der Waals surface area contributed by atoms with Crippen molar-refractivity contribution in [2.24, 2.45) is 0 Å². The summed E-state index contributed by atoms with van der Waals surface area (Å²) in [7, 11) is 0. The Labute approximate surface area is 182 Å². The fourth-order valence-electron chi connectivity index (χ4n) is 3.87. The highest BCUT2D eigenvalue weighted by Crippen LogP contribution is 2.37. The molecule has 0 aromatic heterocycles. The Kier molecular flexibility index (Phi) is 6.37. The fraction of sp³-hybridized carbons (Fsp3) is 0.619. The largest absolute Gasteiger partial charge is 0.444 e. The molecule has 1 saturated heterocycles. The number of hydrogen-bond acceptors (Lipinski definition) is 4. The Hall–Kier alpha value is -1.50. The summed E-state index contributed by atoms with van der Waals surface area (Å²) >= 11 is 12.5. The molecule has 1 fully saturated rings. The minimum Gasteiger partial charge on any atom is -0.444 e. The van der Waals surface area contributed by atoms with Gasteiger partial charge in [0.25, 0.3) is 5.91 Å². The van der Waals surface area contributed by atoms with Crippen LogP contribution in [0.25, 0.3) is 0 Å². The third-order valence-corrected chi connectivity index (χ3v) is 5.84. The molecule has 2 amide bonds. The first kappa shape index (κ1) is 22.2. The smallest absolute Gasteiger partial charge is 0.410 e. The number of nitrogens with zero attached hydrogens (tertiary/aromatic N) is 2. The van der Waals surface area contributed by atoms with E-state index in [0.717, 1.165) is 11.1 Å². The van der Waals surface area contributed by atoms with Crippen molar-refractivity contribution in [3.05, 3.63) is 33.3 Å². The zero-order valence-electron chi connectivity index (χ0n) is 17.5. The maximum Gasteiger partial charge on any atom is 0.410 e. The topological polar surface area (TPSA) is 59.1 Å². The summed E-state index contributed by atoms with van der Waals surface area (Å²) in [4.78, 5) is 29.2. The molecule has 2 aliphatic heterocycles. The highest BCUT2D eigenvalue weighted by molar-refractivity contribution is 6.35. The van der Waals surface area contributed by atoms with Gasteiger partial charge in [-0.2, -0.15) is 0 Å². The summed E-state index contributed by atoms with van der Waals surface area (Å²) in [6.45, 7) is 10.3. The summed E-state index contributed by atoms with van der Waals surface area (Å²) in [5, 5.41) is 1.16. The van der Waals surface area contributed by atoms with Gasteiger partial charge >= 0.3 is 6.09 Å². The van der Waals surface area contributed by atoms with Crippen molar-refractivity contribution in [3.63, 3.8) is 0 Å². The molecular formula is C21H28Cl2N2O4. The van der Waals surface area contributed by atoms with Crippen LogP contribution in [0.15, 0.2) is 12.1 Å². The van der Waals surface area contributed by atoms with E-state index in [1.54, 1.807) is 15.9 Å². The van der Waals surface area contributed by atoms with Crippen molar-refractivity contribution < 1.29 is 19.1 Å². The van der Waals surface area contributed by atoms with Gasteiger partial charge in [-0.25, -0.2) is 4.79 Å². The molecule has 0 aliphatic carbocycles. The zero-order valence-corrected chi connectivity index (χ0v) is 19.0. The monoisotopic (exact) mass is 442 g/mol. The van der Waals surface area contributed by atoms with E-state index in [2.05, 4.69) is 0 Å². The standard InChI is InChI=1S/C21H28Cl2N2O4/c1-12-11-28-17(10-25(12)20(27)29-21(3,4)5)19(26)24-7-6-14-8-15(22)9-16(23)18(14)13(24)2/h8-9,12-13,17H,6-7,10-11H2,1-5H3/t12-,13+,17-/m1/s1. The van der Waals surface area contributed by atoms with Gasteiger partial charge in [0.05, 0.1) is 25.2 Å². The van der Waals surface area contributed by atoms with Crippen LogP contribution in [-0.4, -0.2) is 59.2 Å². The molecule has 0 saturated carbocycles. The minimum atomic E-state index is -0.728. The van der Waals surface area contributed by atoms with E-state index in [0.29, 0.717) is 23.0 Å². The average molecular weight is 443 g/mol. The molecule has 8 heteroatoms. The van der Waals surface area contributed by atoms with Crippen LogP contribution in [0.2, 0.25) is 10.0 Å². The molecule has 0 unspecified atom stereocenters.